The molecule has 0 aromatic carbocycles. The van der Waals surface area contributed by atoms with Gasteiger partial charge in [-0.3, -0.25) is 0 Å². The largest absolute Gasteiger partial charge is 1.00 e. The number of halogens is 1. The molecule has 1 nitrogen and oxygen atoms in total. The van der Waals surface area contributed by atoms with Crippen LogP contribution < -0.4 is 12.4 Å². The van der Waals surface area contributed by atoms with Crippen LogP contribution in [0.25, 0.3) is 0 Å². The van der Waals surface area contributed by atoms with Gasteiger partial charge in [-0.2, -0.15) is 12.6 Å². The molecule has 0 aliphatic rings. The number of unbranched alkanes of at least 4 members (excludes halogenated alkanes) is 2. The molecule has 0 saturated heterocycles. The van der Waals surface area contributed by atoms with Gasteiger partial charge in [-0.15, -0.1) is 0 Å². The van der Waals surface area contributed by atoms with E-state index in [4.69, 9.17) is 0 Å². The summed E-state index contributed by atoms with van der Waals surface area (Å²) < 4.78 is 1.09. The summed E-state index contributed by atoms with van der Waals surface area (Å²) in [6.07, 6.45) is 3.94. The Kier molecular flexibility index (Phi) is 9.33. The SMILES string of the molecule is C[N+](C)(C)CCCCCS.[Cl-]. The Balaban J connectivity index is 0. The average Bonchev–Trinajstić information content (AvgIpc) is 1.78. The quantitative estimate of drug-likeness (QED) is 0.320. The minimum Gasteiger partial charge on any atom is -1.00 e. The lowest BCUT2D eigenvalue weighted by molar-refractivity contribution is -0.870. The van der Waals surface area contributed by atoms with Crippen molar-refractivity contribution >= 4 is 12.6 Å². The zero-order chi connectivity index (χ0) is 8.04. The lowest BCUT2D eigenvalue weighted by Crippen LogP contribution is -3.00. The number of thiol groups is 1. The molecule has 0 N–H and O–H groups in total. The van der Waals surface area contributed by atoms with Gasteiger partial charge in [0.1, 0.15) is 0 Å². The summed E-state index contributed by atoms with van der Waals surface area (Å²) in [7, 11) is 6.71. The van der Waals surface area contributed by atoms with Crippen LogP contribution in [-0.2, 0) is 0 Å². The smallest absolute Gasteiger partial charge is 0.0780 e. The Morgan fingerprint density at radius 1 is 1.00 bits per heavy atom. The molecule has 0 aromatic heterocycles. The van der Waals surface area contributed by atoms with Crippen molar-refractivity contribution in [2.24, 2.45) is 0 Å². The maximum absolute atomic E-state index is 4.16. The number of quaternary nitrogens is 1. The molecule has 0 rings (SSSR count). The van der Waals surface area contributed by atoms with Gasteiger partial charge in [-0.05, 0) is 25.0 Å². The van der Waals surface area contributed by atoms with E-state index in [1.165, 1.54) is 25.8 Å². The summed E-state index contributed by atoms with van der Waals surface area (Å²) in [4.78, 5) is 0. The molecule has 0 aromatic rings. The molecule has 0 atom stereocenters. The van der Waals surface area contributed by atoms with Crippen molar-refractivity contribution in [2.75, 3.05) is 33.4 Å². The van der Waals surface area contributed by atoms with E-state index in [1.54, 1.807) is 0 Å². The minimum atomic E-state index is 0. The maximum Gasteiger partial charge on any atom is 0.0780 e. The third-order valence-electron chi connectivity index (χ3n) is 1.49. The standard InChI is InChI=1S/C8H19NS.ClH/c1-9(2,3)7-5-4-6-8-10;/h4-8H2,1-3H3;1H. The van der Waals surface area contributed by atoms with Crippen LogP contribution in [-0.4, -0.2) is 37.9 Å². The van der Waals surface area contributed by atoms with Gasteiger partial charge >= 0.3 is 0 Å². The van der Waals surface area contributed by atoms with Crippen LogP contribution in [0, 0.1) is 0 Å². The van der Waals surface area contributed by atoms with Gasteiger partial charge in [0, 0.05) is 0 Å². The molecule has 3 heteroatoms. The van der Waals surface area contributed by atoms with E-state index >= 15 is 0 Å². The van der Waals surface area contributed by atoms with Crippen molar-refractivity contribution in [1.29, 1.82) is 0 Å². The topological polar surface area (TPSA) is 0 Å². The van der Waals surface area contributed by atoms with Crippen LogP contribution in [0.1, 0.15) is 19.3 Å². The van der Waals surface area contributed by atoms with E-state index in [2.05, 4.69) is 33.8 Å². The molecule has 11 heavy (non-hydrogen) atoms. The predicted octanol–water partition coefficient (Wildman–Crippen LogP) is -1.20. The number of rotatable bonds is 5. The Labute approximate surface area is 82.6 Å². The zero-order valence-electron chi connectivity index (χ0n) is 7.81. The van der Waals surface area contributed by atoms with Gasteiger partial charge in [-0.25, -0.2) is 0 Å². The first kappa shape index (κ1) is 14.1. The first-order valence-corrected chi connectivity index (χ1v) is 4.61. The molecule has 0 amide bonds. The second-order valence-corrected chi connectivity index (χ2v) is 4.25. The Hall–Kier alpha value is 0.600. The van der Waals surface area contributed by atoms with E-state index in [0.717, 1.165) is 10.2 Å². The highest BCUT2D eigenvalue weighted by Gasteiger charge is 2.04. The summed E-state index contributed by atoms with van der Waals surface area (Å²) in [6.45, 7) is 1.29. The van der Waals surface area contributed by atoms with Crippen LogP contribution >= 0.6 is 12.6 Å². The van der Waals surface area contributed by atoms with Crippen molar-refractivity contribution in [3.63, 3.8) is 0 Å². The van der Waals surface area contributed by atoms with E-state index in [0.29, 0.717) is 0 Å². The first-order chi connectivity index (χ1) is 4.56. The number of hydrogen-bond donors (Lipinski definition) is 1. The van der Waals surface area contributed by atoms with Gasteiger partial charge in [-0.1, -0.05) is 0 Å². The fourth-order valence-corrected chi connectivity index (χ4v) is 1.10. The molecule has 0 spiro atoms. The molecule has 0 aliphatic carbocycles. The third-order valence-corrected chi connectivity index (χ3v) is 1.80. The fraction of sp³-hybridized carbons (Fsp3) is 1.00. The van der Waals surface area contributed by atoms with Crippen molar-refractivity contribution in [3.05, 3.63) is 0 Å². The minimum absolute atomic E-state index is 0. The van der Waals surface area contributed by atoms with E-state index in [-0.39, 0.29) is 12.4 Å². The third kappa shape index (κ3) is 13.6. The Morgan fingerprint density at radius 3 is 1.91 bits per heavy atom. The molecule has 0 radical (unpaired) electrons. The van der Waals surface area contributed by atoms with Crippen LogP contribution in [0.4, 0.5) is 0 Å². The van der Waals surface area contributed by atoms with E-state index < -0.39 is 0 Å². The summed E-state index contributed by atoms with van der Waals surface area (Å²) >= 11 is 4.16. The fourth-order valence-electron chi connectivity index (χ4n) is 0.875. The van der Waals surface area contributed by atoms with Crippen molar-refractivity contribution < 1.29 is 16.9 Å². The first-order valence-electron chi connectivity index (χ1n) is 3.97. The van der Waals surface area contributed by atoms with E-state index in [9.17, 15) is 0 Å². The van der Waals surface area contributed by atoms with Crippen LogP contribution in [0.15, 0.2) is 0 Å². The molecule has 0 bridgehead atoms. The summed E-state index contributed by atoms with van der Waals surface area (Å²) in [6, 6.07) is 0. The van der Waals surface area contributed by atoms with Gasteiger partial charge in [0.25, 0.3) is 0 Å². The summed E-state index contributed by atoms with van der Waals surface area (Å²) in [5.74, 6) is 1.04. The van der Waals surface area contributed by atoms with Crippen LogP contribution in [0.3, 0.4) is 0 Å². The van der Waals surface area contributed by atoms with Crippen molar-refractivity contribution in [3.8, 4) is 0 Å². The number of hydrogen-bond acceptors (Lipinski definition) is 1. The highest BCUT2D eigenvalue weighted by molar-refractivity contribution is 7.80. The van der Waals surface area contributed by atoms with Crippen LogP contribution in [0.5, 0.6) is 0 Å². The second-order valence-electron chi connectivity index (χ2n) is 3.80. The molecular formula is C8H20ClNS. The van der Waals surface area contributed by atoms with Gasteiger partial charge in [0.05, 0.1) is 27.7 Å². The lowest BCUT2D eigenvalue weighted by atomic mass is 10.2. The maximum atomic E-state index is 4.16. The van der Waals surface area contributed by atoms with Gasteiger partial charge in [0.2, 0.25) is 0 Å². The van der Waals surface area contributed by atoms with E-state index in [1.807, 2.05) is 0 Å². The summed E-state index contributed by atoms with van der Waals surface area (Å²) in [5, 5.41) is 0. The molecule has 0 fully saturated rings. The summed E-state index contributed by atoms with van der Waals surface area (Å²) in [5.41, 5.74) is 0. The Bertz CT molecular complexity index is 80.7. The monoisotopic (exact) mass is 197 g/mol. The molecule has 0 unspecified atom stereocenters. The van der Waals surface area contributed by atoms with Gasteiger partial charge in [0.15, 0.2) is 0 Å². The highest BCUT2D eigenvalue weighted by atomic mass is 35.5. The average molecular weight is 198 g/mol. The number of nitrogens with zero attached hydrogens (tertiary/aromatic N) is 1. The van der Waals surface area contributed by atoms with Gasteiger partial charge < -0.3 is 16.9 Å². The van der Waals surface area contributed by atoms with Crippen LogP contribution in [0.2, 0.25) is 0 Å². The van der Waals surface area contributed by atoms with Crippen molar-refractivity contribution in [2.45, 2.75) is 19.3 Å². The predicted molar refractivity (Wildman–Crippen MR) is 50.6 cm³/mol. The highest BCUT2D eigenvalue weighted by Crippen LogP contribution is 2.00. The second kappa shape index (κ2) is 7.26. The van der Waals surface area contributed by atoms with Crippen molar-refractivity contribution in [1.82, 2.24) is 0 Å². The molecular weight excluding hydrogens is 178 g/mol. The zero-order valence-corrected chi connectivity index (χ0v) is 9.46. The molecule has 0 heterocycles. The molecule has 0 saturated carbocycles. The molecule has 70 valence electrons. The normalized spacial score (nSPS) is 10.9. The molecule has 0 aliphatic heterocycles. The lowest BCUT2D eigenvalue weighted by Gasteiger charge is -2.23. The Morgan fingerprint density at radius 2 is 1.55 bits per heavy atom.